The minimum absolute atomic E-state index is 0.0949. The highest BCUT2D eigenvalue weighted by Gasteiger charge is 2.15. The summed E-state index contributed by atoms with van der Waals surface area (Å²) in [7, 11) is 0. The number of aromatic nitrogens is 1. The van der Waals surface area contributed by atoms with Crippen molar-refractivity contribution < 1.29 is 13.6 Å². The Morgan fingerprint density at radius 2 is 2.09 bits per heavy atom. The summed E-state index contributed by atoms with van der Waals surface area (Å²) >= 11 is 1.33. The van der Waals surface area contributed by atoms with Gasteiger partial charge in [0.15, 0.2) is 10.9 Å². The van der Waals surface area contributed by atoms with Gasteiger partial charge in [0, 0.05) is 4.88 Å². The number of anilines is 1. The van der Waals surface area contributed by atoms with Crippen molar-refractivity contribution in [2.24, 2.45) is 0 Å². The number of carbonyl (C=O) groups is 1. The molecule has 0 atom stereocenters. The summed E-state index contributed by atoms with van der Waals surface area (Å²) in [6.07, 6.45) is 0. The number of hydrogen-bond donors (Lipinski definition) is 1. The molecule has 5 nitrogen and oxygen atoms in total. The van der Waals surface area contributed by atoms with Gasteiger partial charge in [-0.25, -0.2) is 14.2 Å². The van der Waals surface area contributed by atoms with Crippen LogP contribution in [0.2, 0.25) is 0 Å². The van der Waals surface area contributed by atoms with Gasteiger partial charge in [-0.1, -0.05) is 6.07 Å². The number of nitrogens with zero attached hydrogens (tertiary/aromatic N) is 1. The molecule has 1 amide bonds. The van der Waals surface area contributed by atoms with E-state index in [4.69, 9.17) is 4.42 Å². The molecule has 7 heteroatoms. The smallest absolute Gasteiger partial charge is 0.344 e. The number of hydrogen-bond acceptors (Lipinski definition) is 5. The van der Waals surface area contributed by atoms with E-state index >= 15 is 0 Å². The molecule has 3 aromatic rings. The number of halogens is 1. The fourth-order valence-corrected chi connectivity index (χ4v) is 2.76. The van der Waals surface area contributed by atoms with Gasteiger partial charge in [0.1, 0.15) is 5.82 Å². The molecular weight excluding hydrogens is 307 g/mol. The Morgan fingerprint density at radius 3 is 2.77 bits per heavy atom. The lowest BCUT2D eigenvalue weighted by atomic mass is 10.1. The second-order valence-electron chi connectivity index (χ2n) is 4.74. The fourth-order valence-electron chi connectivity index (χ4n) is 1.95. The summed E-state index contributed by atoms with van der Waals surface area (Å²) in [4.78, 5) is 29.2. The molecule has 0 fully saturated rings. The summed E-state index contributed by atoms with van der Waals surface area (Å²) < 4.78 is 18.1. The van der Waals surface area contributed by atoms with E-state index in [0.717, 1.165) is 16.6 Å². The molecule has 0 spiro atoms. The number of aryl methyl sites for hydroxylation is 2. The molecule has 112 valence electrons. The average molecular weight is 318 g/mol. The zero-order valence-corrected chi connectivity index (χ0v) is 12.6. The molecule has 0 radical (unpaired) electrons. The van der Waals surface area contributed by atoms with Crippen LogP contribution < -0.4 is 10.9 Å². The largest absolute Gasteiger partial charge is 0.417 e. The Morgan fingerprint density at radius 1 is 1.32 bits per heavy atom. The highest BCUT2D eigenvalue weighted by atomic mass is 32.1. The second kappa shape index (κ2) is 5.34. The van der Waals surface area contributed by atoms with Crippen LogP contribution in [0.3, 0.4) is 0 Å². The van der Waals surface area contributed by atoms with Gasteiger partial charge in [0.25, 0.3) is 5.91 Å². The van der Waals surface area contributed by atoms with Gasteiger partial charge >= 0.3 is 5.63 Å². The van der Waals surface area contributed by atoms with Gasteiger partial charge in [0.2, 0.25) is 0 Å². The van der Waals surface area contributed by atoms with E-state index in [1.807, 2.05) is 13.8 Å². The molecule has 2 heterocycles. The lowest BCUT2D eigenvalue weighted by molar-refractivity contribution is 0.0993. The third kappa shape index (κ3) is 2.62. The van der Waals surface area contributed by atoms with Crippen LogP contribution in [-0.4, -0.2) is 10.9 Å². The summed E-state index contributed by atoms with van der Waals surface area (Å²) in [6, 6.07) is 5.13. The van der Waals surface area contributed by atoms with Crippen molar-refractivity contribution in [2.75, 3.05) is 5.32 Å². The van der Waals surface area contributed by atoms with E-state index in [0.29, 0.717) is 10.5 Å². The predicted octanol–water partition coefficient (Wildman–Crippen LogP) is 3.26. The molecule has 3 rings (SSSR count). The third-order valence-electron chi connectivity index (χ3n) is 3.20. The first-order chi connectivity index (χ1) is 10.4. The lowest BCUT2D eigenvalue weighted by Crippen LogP contribution is -2.15. The Labute approximate surface area is 128 Å². The minimum Gasteiger partial charge on any atom is -0.417 e. The molecule has 0 aliphatic heterocycles. The van der Waals surface area contributed by atoms with Gasteiger partial charge < -0.3 is 4.42 Å². The Hall–Kier alpha value is -2.54. The Bertz CT molecular complexity index is 926. The molecule has 22 heavy (non-hydrogen) atoms. The summed E-state index contributed by atoms with van der Waals surface area (Å²) in [5.41, 5.74) is 0.0735. The zero-order chi connectivity index (χ0) is 15.9. The normalized spacial score (nSPS) is 10.9. The number of benzene rings is 1. The van der Waals surface area contributed by atoms with E-state index in [-0.39, 0.29) is 11.1 Å². The summed E-state index contributed by atoms with van der Waals surface area (Å²) in [5.74, 6) is -1.25. The molecule has 0 saturated carbocycles. The number of carbonyl (C=O) groups excluding carboxylic acids is 1. The van der Waals surface area contributed by atoms with Crippen molar-refractivity contribution in [1.29, 1.82) is 0 Å². The number of amides is 1. The molecule has 1 aromatic carbocycles. The molecular formula is C15H11FN2O3S. The van der Waals surface area contributed by atoms with Crippen molar-refractivity contribution in [2.45, 2.75) is 13.8 Å². The highest BCUT2D eigenvalue weighted by molar-refractivity contribution is 7.15. The standard InChI is InChI=1S/C15H11FN2O3S/c1-7-8(2)22-15(17-7)18-13(19)12-5-9-3-4-10(16)6-11(9)14(20)21-12/h3-6H,1-2H3,(H,17,18,19). The molecule has 0 aliphatic carbocycles. The molecule has 0 aliphatic rings. The number of thiazole rings is 1. The SMILES string of the molecule is Cc1nc(NC(=O)c2cc3ccc(F)cc3c(=O)o2)sc1C. The monoisotopic (exact) mass is 318 g/mol. The van der Waals surface area contributed by atoms with Crippen LogP contribution in [0, 0.1) is 19.7 Å². The van der Waals surface area contributed by atoms with Crippen molar-refractivity contribution in [3.8, 4) is 0 Å². The Kier molecular flexibility index (Phi) is 3.50. The zero-order valence-electron chi connectivity index (χ0n) is 11.8. The first-order valence-electron chi connectivity index (χ1n) is 6.43. The predicted molar refractivity (Wildman–Crippen MR) is 82.0 cm³/mol. The van der Waals surface area contributed by atoms with Crippen LogP contribution in [0.15, 0.2) is 33.5 Å². The molecule has 1 N–H and O–H groups in total. The van der Waals surface area contributed by atoms with Gasteiger partial charge in [-0.3, -0.25) is 10.1 Å². The van der Waals surface area contributed by atoms with Crippen LogP contribution in [-0.2, 0) is 0 Å². The van der Waals surface area contributed by atoms with Gasteiger partial charge in [-0.15, -0.1) is 11.3 Å². The van der Waals surface area contributed by atoms with Gasteiger partial charge in [0.05, 0.1) is 11.1 Å². The molecule has 0 bridgehead atoms. The van der Waals surface area contributed by atoms with Crippen LogP contribution >= 0.6 is 11.3 Å². The maximum absolute atomic E-state index is 13.1. The Balaban J connectivity index is 1.97. The maximum Gasteiger partial charge on any atom is 0.344 e. The van der Waals surface area contributed by atoms with Crippen molar-refractivity contribution in [1.82, 2.24) is 4.98 Å². The molecule has 2 aromatic heterocycles. The quantitative estimate of drug-likeness (QED) is 0.787. The maximum atomic E-state index is 13.1. The van der Waals surface area contributed by atoms with Crippen molar-refractivity contribution >= 4 is 33.1 Å². The fraction of sp³-hybridized carbons (Fsp3) is 0.133. The first-order valence-corrected chi connectivity index (χ1v) is 7.24. The van der Waals surface area contributed by atoms with Gasteiger partial charge in [-0.2, -0.15) is 0 Å². The van der Waals surface area contributed by atoms with Gasteiger partial charge in [-0.05, 0) is 37.4 Å². The van der Waals surface area contributed by atoms with Crippen LogP contribution in [0.1, 0.15) is 21.1 Å². The first kappa shape index (κ1) is 14.4. The highest BCUT2D eigenvalue weighted by Crippen LogP contribution is 2.22. The van der Waals surface area contributed by atoms with E-state index in [1.54, 1.807) is 0 Å². The van der Waals surface area contributed by atoms with E-state index in [2.05, 4.69) is 10.3 Å². The average Bonchev–Trinajstić information content (AvgIpc) is 2.77. The molecule has 0 unspecified atom stereocenters. The van der Waals surface area contributed by atoms with E-state index in [9.17, 15) is 14.0 Å². The lowest BCUT2D eigenvalue weighted by Gasteiger charge is -2.02. The van der Waals surface area contributed by atoms with Crippen LogP contribution in [0.5, 0.6) is 0 Å². The van der Waals surface area contributed by atoms with Crippen LogP contribution in [0.4, 0.5) is 9.52 Å². The topological polar surface area (TPSA) is 72.2 Å². The third-order valence-corrected chi connectivity index (χ3v) is 4.19. The minimum atomic E-state index is -0.756. The number of nitrogens with one attached hydrogen (secondary N) is 1. The van der Waals surface area contributed by atoms with E-state index in [1.165, 1.54) is 29.5 Å². The number of rotatable bonds is 2. The summed E-state index contributed by atoms with van der Waals surface area (Å²) in [5, 5.41) is 3.55. The van der Waals surface area contributed by atoms with E-state index < -0.39 is 17.3 Å². The molecule has 0 saturated heterocycles. The van der Waals surface area contributed by atoms with Crippen LogP contribution in [0.25, 0.3) is 10.8 Å². The second-order valence-corrected chi connectivity index (χ2v) is 5.95. The number of fused-ring (bicyclic) bond motifs is 1. The summed E-state index contributed by atoms with van der Waals surface area (Å²) in [6.45, 7) is 3.74. The van der Waals surface area contributed by atoms with Crippen molar-refractivity contribution in [3.05, 3.63) is 56.8 Å². The van der Waals surface area contributed by atoms with Crippen molar-refractivity contribution in [3.63, 3.8) is 0 Å².